The van der Waals surface area contributed by atoms with Crippen LogP contribution in [0.1, 0.15) is 25.3 Å². The van der Waals surface area contributed by atoms with E-state index in [1.165, 1.54) is 6.07 Å². The SMILES string of the molecule is C=CCc1ccc(-n2c(-c3cc(NCCCC)c(Oc4ccccc4)c(S(N)(=O)=O)c3)n[nH]c2=S)cc1. The minimum Gasteiger partial charge on any atom is -0.454 e. The summed E-state index contributed by atoms with van der Waals surface area (Å²) >= 11 is 5.52. The van der Waals surface area contributed by atoms with Crippen molar-refractivity contribution >= 4 is 27.9 Å². The molecule has 0 atom stereocenters. The van der Waals surface area contributed by atoms with Crippen LogP contribution >= 0.6 is 12.2 Å². The molecular weight excluding hydrogens is 506 g/mol. The van der Waals surface area contributed by atoms with E-state index in [0.29, 0.717) is 34.1 Å². The van der Waals surface area contributed by atoms with E-state index in [9.17, 15) is 8.42 Å². The number of nitrogens with one attached hydrogen (secondary N) is 2. The Kier molecular flexibility index (Phi) is 8.22. The van der Waals surface area contributed by atoms with Gasteiger partial charge in [-0.3, -0.25) is 9.67 Å². The Morgan fingerprint density at radius 3 is 2.54 bits per heavy atom. The first-order chi connectivity index (χ1) is 17.8. The van der Waals surface area contributed by atoms with Crippen LogP contribution in [0.5, 0.6) is 11.5 Å². The van der Waals surface area contributed by atoms with Crippen LogP contribution in [0, 0.1) is 4.77 Å². The number of allylic oxidation sites excluding steroid dienone is 1. The van der Waals surface area contributed by atoms with Crippen molar-refractivity contribution in [3.63, 3.8) is 0 Å². The van der Waals surface area contributed by atoms with Crippen LogP contribution in [0.4, 0.5) is 5.69 Å². The molecule has 0 radical (unpaired) electrons. The molecule has 4 aromatic rings. The number of nitrogens with zero attached hydrogens (tertiary/aromatic N) is 2. The van der Waals surface area contributed by atoms with Gasteiger partial charge in [0.2, 0.25) is 10.0 Å². The first-order valence-electron chi connectivity index (χ1n) is 11.9. The summed E-state index contributed by atoms with van der Waals surface area (Å²) in [7, 11) is -4.17. The van der Waals surface area contributed by atoms with Crippen LogP contribution in [0.3, 0.4) is 0 Å². The van der Waals surface area contributed by atoms with Gasteiger partial charge in [-0.25, -0.2) is 13.6 Å². The van der Waals surface area contributed by atoms with E-state index in [-0.39, 0.29) is 10.6 Å². The number of anilines is 1. The molecule has 8 nitrogen and oxygen atoms in total. The maximum absolute atomic E-state index is 12.8. The van der Waals surface area contributed by atoms with Crippen molar-refractivity contribution in [2.45, 2.75) is 31.1 Å². The molecule has 1 heterocycles. The van der Waals surface area contributed by atoms with Crippen LogP contribution < -0.4 is 15.2 Å². The lowest BCUT2D eigenvalue weighted by Crippen LogP contribution is -2.15. The highest BCUT2D eigenvalue weighted by molar-refractivity contribution is 7.89. The van der Waals surface area contributed by atoms with Crippen LogP contribution in [0.25, 0.3) is 17.1 Å². The number of hydrogen-bond acceptors (Lipinski definition) is 6. The standard InChI is InChI=1S/C27H29N5O3S2/c1-3-5-16-29-23-17-20(18-24(37(28,33)34)25(23)35-22-10-7-6-8-11-22)26-30-31-27(36)32(26)21-14-12-19(9-4-2)13-15-21/h4,6-8,10-15,17-18,29H,2-3,5,9,16H2,1H3,(H,31,36)(H2,28,33,34). The van der Waals surface area contributed by atoms with Crippen LogP contribution in [-0.2, 0) is 16.4 Å². The number of unbranched alkanes of at least 4 members (excludes halogenated alkanes) is 1. The lowest BCUT2D eigenvalue weighted by molar-refractivity contribution is 0.469. The molecule has 1 aromatic heterocycles. The molecule has 0 amide bonds. The third-order valence-corrected chi connectivity index (χ3v) is 6.87. The van der Waals surface area contributed by atoms with Crippen molar-refractivity contribution < 1.29 is 13.2 Å². The number of ether oxygens (including phenoxy) is 1. The fourth-order valence-electron chi connectivity index (χ4n) is 3.86. The molecule has 4 N–H and O–H groups in total. The van der Waals surface area contributed by atoms with E-state index in [4.69, 9.17) is 22.1 Å². The Labute approximate surface area is 221 Å². The van der Waals surface area contributed by atoms with E-state index >= 15 is 0 Å². The Morgan fingerprint density at radius 2 is 1.89 bits per heavy atom. The van der Waals surface area contributed by atoms with Crippen molar-refractivity contribution in [2.75, 3.05) is 11.9 Å². The normalized spacial score (nSPS) is 11.3. The molecule has 0 aliphatic carbocycles. The Bertz CT molecular complexity index is 1540. The fraction of sp³-hybridized carbons (Fsp3) is 0.185. The number of rotatable bonds is 11. The smallest absolute Gasteiger partial charge is 0.241 e. The van der Waals surface area contributed by atoms with Gasteiger partial charge in [-0.2, -0.15) is 5.10 Å². The number of H-pyrrole nitrogens is 1. The van der Waals surface area contributed by atoms with Gasteiger partial charge in [-0.05, 0) is 67.0 Å². The van der Waals surface area contributed by atoms with Crippen molar-refractivity contribution in [3.8, 4) is 28.6 Å². The Hall–Kier alpha value is -3.73. The molecule has 0 unspecified atom stereocenters. The van der Waals surface area contributed by atoms with E-state index in [0.717, 1.165) is 30.5 Å². The molecule has 0 saturated heterocycles. The van der Waals surface area contributed by atoms with E-state index in [2.05, 4.69) is 29.0 Å². The number of para-hydroxylation sites is 1. The van der Waals surface area contributed by atoms with Crippen molar-refractivity contribution in [2.24, 2.45) is 5.14 Å². The second kappa shape index (κ2) is 11.5. The topological polar surface area (TPSA) is 115 Å². The highest BCUT2D eigenvalue weighted by Gasteiger charge is 2.24. The zero-order valence-electron chi connectivity index (χ0n) is 20.5. The highest BCUT2D eigenvalue weighted by atomic mass is 32.2. The van der Waals surface area contributed by atoms with Gasteiger partial charge in [-0.15, -0.1) is 6.58 Å². The first kappa shape index (κ1) is 26.3. The first-order valence-corrected chi connectivity index (χ1v) is 13.8. The fourth-order valence-corrected chi connectivity index (χ4v) is 4.80. The van der Waals surface area contributed by atoms with Gasteiger partial charge in [-0.1, -0.05) is 49.8 Å². The van der Waals surface area contributed by atoms with E-state index < -0.39 is 10.0 Å². The quantitative estimate of drug-likeness (QED) is 0.124. The molecular formula is C27H29N5O3S2. The number of aromatic amines is 1. The van der Waals surface area contributed by atoms with Crippen molar-refractivity contribution in [1.82, 2.24) is 14.8 Å². The number of primary sulfonamides is 1. The Morgan fingerprint density at radius 1 is 1.16 bits per heavy atom. The maximum Gasteiger partial charge on any atom is 0.241 e. The van der Waals surface area contributed by atoms with E-state index in [1.807, 2.05) is 48.5 Å². The van der Waals surface area contributed by atoms with Crippen LogP contribution in [0.2, 0.25) is 0 Å². The van der Waals surface area contributed by atoms with Gasteiger partial charge in [0, 0.05) is 17.8 Å². The molecule has 192 valence electrons. The average Bonchev–Trinajstić information content (AvgIpc) is 3.27. The second-order valence-electron chi connectivity index (χ2n) is 8.44. The summed E-state index contributed by atoms with van der Waals surface area (Å²) < 4.78 is 33.7. The number of sulfonamides is 1. The number of hydrogen-bond donors (Lipinski definition) is 3. The van der Waals surface area contributed by atoms with Crippen LogP contribution in [-0.4, -0.2) is 29.7 Å². The molecule has 0 aliphatic rings. The van der Waals surface area contributed by atoms with E-state index in [1.54, 1.807) is 22.8 Å². The van der Waals surface area contributed by atoms with Gasteiger partial charge in [0.05, 0.1) is 5.69 Å². The highest BCUT2D eigenvalue weighted by Crippen LogP contribution is 2.40. The van der Waals surface area contributed by atoms with Gasteiger partial charge < -0.3 is 10.1 Å². The minimum atomic E-state index is -4.17. The van der Waals surface area contributed by atoms with Gasteiger partial charge in [0.25, 0.3) is 0 Å². The molecule has 3 aromatic carbocycles. The summed E-state index contributed by atoms with van der Waals surface area (Å²) in [4.78, 5) is -0.158. The molecule has 0 saturated carbocycles. The zero-order valence-corrected chi connectivity index (χ0v) is 22.1. The average molecular weight is 536 g/mol. The van der Waals surface area contributed by atoms with Gasteiger partial charge in [0.15, 0.2) is 16.3 Å². The predicted molar refractivity (Wildman–Crippen MR) is 149 cm³/mol. The molecule has 37 heavy (non-hydrogen) atoms. The summed E-state index contributed by atoms with van der Waals surface area (Å²) in [5, 5.41) is 16.2. The lowest BCUT2D eigenvalue weighted by atomic mass is 10.1. The monoisotopic (exact) mass is 535 g/mol. The summed E-state index contributed by atoms with van der Waals surface area (Å²) in [5.41, 5.74) is 2.88. The van der Waals surface area contributed by atoms with Crippen molar-refractivity contribution in [1.29, 1.82) is 0 Å². The third-order valence-electron chi connectivity index (χ3n) is 5.68. The van der Waals surface area contributed by atoms with Gasteiger partial charge in [0.1, 0.15) is 10.6 Å². The van der Waals surface area contributed by atoms with Crippen molar-refractivity contribution in [3.05, 3.63) is 89.7 Å². The largest absolute Gasteiger partial charge is 0.454 e. The number of benzene rings is 3. The second-order valence-corrected chi connectivity index (χ2v) is 10.4. The molecule has 10 heteroatoms. The van der Waals surface area contributed by atoms with Gasteiger partial charge >= 0.3 is 0 Å². The minimum absolute atomic E-state index is 0.128. The molecule has 0 aliphatic heterocycles. The predicted octanol–water partition coefficient (Wildman–Crippen LogP) is 5.98. The molecule has 0 bridgehead atoms. The zero-order chi connectivity index (χ0) is 26.4. The Balaban J connectivity index is 1.89. The number of nitrogens with two attached hydrogens (primary N) is 1. The summed E-state index contributed by atoms with van der Waals surface area (Å²) in [6.07, 6.45) is 4.43. The number of aromatic nitrogens is 3. The maximum atomic E-state index is 12.8. The molecule has 0 fully saturated rings. The molecule has 0 spiro atoms. The third kappa shape index (κ3) is 6.16. The van der Waals surface area contributed by atoms with Crippen LogP contribution in [0.15, 0.2) is 84.3 Å². The summed E-state index contributed by atoms with van der Waals surface area (Å²) in [5.74, 6) is 1.06. The molecule has 4 rings (SSSR count). The summed E-state index contributed by atoms with van der Waals surface area (Å²) in [6, 6.07) is 20.1. The lowest BCUT2D eigenvalue weighted by Gasteiger charge is -2.18. The summed E-state index contributed by atoms with van der Waals surface area (Å²) in [6.45, 7) is 6.47.